The van der Waals surface area contributed by atoms with Crippen molar-refractivity contribution < 1.29 is 28.2 Å². The molecule has 0 N–H and O–H groups in total. The van der Waals surface area contributed by atoms with Gasteiger partial charge in [-0.1, -0.05) is 6.07 Å². The lowest BCUT2D eigenvalue weighted by molar-refractivity contribution is -0.136. The van der Waals surface area contributed by atoms with Crippen LogP contribution in [0.5, 0.6) is 11.5 Å². The van der Waals surface area contributed by atoms with E-state index in [0.29, 0.717) is 52.9 Å². The van der Waals surface area contributed by atoms with Gasteiger partial charge in [-0.05, 0) is 50.1 Å². The first-order valence-electron chi connectivity index (χ1n) is 10.1. The Bertz CT molecular complexity index is 951. The summed E-state index contributed by atoms with van der Waals surface area (Å²) in [6, 6.07) is 8.85. The molecule has 1 aliphatic heterocycles. The molecule has 3 rings (SSSR count). The van der Waals surface area contributed by atoms with Gasteiger partial charge in [-0.2, -0.15) is 0 Å². The van der Waals surface area contributed by atoms with Crippen LogP contribution in [0, 0.1) is 0 Å². The Hall–Kier alpha value is -2.71. The molecule has 1 aromatic carbocycles. The average molecular weight is 446 g/mol. The van der Waals surface area contributed by atoms with Crippen LogP contribution in [-0.4, -0.2) is 50.2 Å². The molecule has 2 amide bonds. The van der Waals surface area contributed by atoms with Gasteiger partial charge in [-0.15, -0.1) is 11.8 Å². The van der Waals surface area contributed by atoms with E-state index in [-0.39, 0.29) is 17.9 Å². The molecule has 0 unspecified atom stereocenters. The van der Waals surface area contributed by atoms with Gasteiger partial charge in [0.1, 0.15) is 5.76 Å². The number of imide groups is 1. The molecule has 0 radical (unpaired) electrons. The van der Waals surface area contributed by atoms with Gasteiger partial charge in [0.05, 0.1) is 42.8 Å². The van der Waals surface area contributed by atoms with Gasteiger partial charge in [0.15, 0.2) is 11.5 Å². The third-order valence-electron chi connectivity index (χ3n) is 4.71. The molecule has 1 aromatic heterocycles. The average Bonchev–Trinajstić information content (AvgIpc) is 3.36. The van der Waals surface area contributed by atoms with Gasteiger partial charge in [0, 0.05) is 13.2 Å². The van der Waals surface area contributed by atoms with Crippen molar-refractivity contribution in [1.82, 2.24) is 4.90 Å². The number of amides is 2. The van der Waals surface area contributed by atoms with Crippen LogP contribution in [0.3, 0.4) is 0 Å². The first-order chi connectivity index (χ1) is 15.0. The predicted molar refractivity (Wildman–Crippen MR) is 119 cm³/mol. The number of benzene rings is 1. The SMILES string of the molecule is COc1ccc(C2=C(SCc3ccco3)C(=O)N(CCCOC(C)C)C2=O)cc1OC. The highest BCUT2D eigenvalue weighted by molar-refractivity contribution is 8.03. The number of carbonyl (C=O) groups excluding carboxylic acids is 2. The quantitative estimate of drug-likeness (QED) is 0.380. The third-order valence-corrected chi connectivity index (χ3v) is 5.81. The fourth-order valence-corrected chi connectivity index (χ4v) is 4.25. The number of furan rings is 1. The molecule has 2 aromatic rings. The summed E-state index contributed by atoms with van der Waals surface area (Å²) >= 11 is 1.30. The Kier molecular flexibility index (Phi) is 7.81. The Balaban J connectivity index is 1.89. The summed E-state index contributed by atoms with van der Waals surface area (Å²) in [6.45, 7) is 4.68. The Morgan fingerprint density at radius 3 is 2.48 bits per heavy atom. The van der Waals surface area contributed by atoms with Crippen LogP contribution in [0.1, 0.15) is 31.6 Å². The molecule has 8 heteroatoms. The van der Waals surface area contributed by atoms with Gasteiger partial charge in [0.25, 0.3) is 11.8 Å². The number of nitrogens with zero attached hydrogens (tertiary/aromatic N) is 1. The van der Waals surface area contributed by atoms with Crippen molar-refractivity contribution in [3.63, 3.8) is 0 Å². The van der Waals surface area contributed by atoms with E-state index < -0.39 is 0 Å². The second-order valence-corrected chi connectivity index (χ2v) is 8.16. The summed E-state index contributed by atoms with van der Waals surface area (Å²) in [4.78, 5) is 28.1. The minimum Gasteiger partial charge on any atom is -0.493 e. The molecule has 0 spiro atoms. The zero-order chi connectivity index (χ0) is 22.4. The maximum absolute atomic E-state index is 13.3. The molecular formula is C23H27NO6S. The number of methoxy groups -OCH3 is 2. The summed E-state index contributed by atoms with van der Waals surface area (Å²) in [5, 5.41) is 0. The van der Waals surface area contributed by atoms with Crippen molar-refractivity contribution >= 4 is 29.1 Å². The molecule has 0 saturated carbocycles. The molecule has 0 bridgehead atoms. The minimum absolute atomic E-state index is 0.102. The van der Waals surface area contributed by atoms with Gasteiger partial charge in [-0.25, -0.2) is 0 Å². The van der Waals surface area contributed by atoms with E-state index in [1.807, 2.05) is 19.9 Å². The highest BCUT2D eigenvalue weighted by atomic mass is 32.2. The predicted octanol–water partition coefficient (Wildman–Crippen LogP) is 4.13. The van der Waals surface area contributed by atoms with Crippen LogP contribution in [0.25, 0.3) is 5.57 Å². The molecule has 1 aliphatic rings. The smallest absolute Gasteiger partial charge is 0.267 e. The summed E-state index contributed by atoms with van der Waals surface area (Å²) in [5.41, 5.74) is 0.978. The minimum atomic E-state index is -0.316. The van der Waals surface area contributed by atoms with E-state index in [0.717, 1.165) is 5.76 Å². The molecule has 2 heterocycles. The van der Waals surface area contributed by atoms with Crippen molar-refractivity contribution in [2.45, 2.75) is 32.1 Å². The van der Waals surface area contributed by atoms with Crippen LogP contribution < -0.4 is 9.47 Å². The summed E-state index contributed by atoms with van der Waals surface area (Å²) in [7, 11) is 3.08. The van der Waals surface area contributed by atoms with E-state index in [4.69, 9.17) is 18.6 Å². The largest absolute Gasteiger partial charge is 0.493 e. The van der Waals surface area contributed by atoms with Gasteiger partial charge in [0.2, 0.25) is 0 Å². The number of rotatable bonds is 11. The highest BCUT2D eigenvalue weighted by Gasteiger charge is 2.39. The van der Waals surface area contributed by atoms with Crippen molar-refractivity contribution in [2.24, 2.45) is 0 Å². The van der Waals surface area contributed by atoms with Crippen LogP contribution in [0.2, 0.25) is 0 Å². The first kappa shape index (κ1) is 23.0. The lowest BCUT2D eigenvalue weighted by Gasteiger charge is -2.16. The molecule has 31 heavy (non-hydrogen) atoms. The summed E-state index contributed by atoms with van der Waals surface area (Å²) in [6.07, 6.45) is 2.26. The van der Waals surface area contributed by atoms with Crippen LogP contribution >= 0.6 is 11.8 Å². The zero-order valence-corrected chi connectivity index (χ0v) is 19.0. The Morgan fingerprint density at radius 2 is 1.84 bits per heavy atom. The highest BCUT2D eigenvalue weighted by Crippen LogP contribution is 2.40. The molecule has 0 saturated heterocycles. The second-order valence-electron chi connectivity index (χ2n) is 7.18. The topological polar surface area (TPSA) is 78.2 Å². The number of hydrogen-bond acceptors (Lipinski definition) is 7. The number of carbonyl (C=O) groups is 2. The fourth-order valence-electron chi connectivity index (χ4n) is 3.22. The number of thioether (sulfide) groups is 1. The van der Waals surface area contributed by atoms with E-state index in [2.05, 4.69) is 0 Å². The molecule has 0 atom stereocenters. The van der Waals surface area contributed by atoms with Gasteiger partial charge >= 0.3 is 0 Å². The van der Waals surface area contributed by atoms with E-state index in [1.54, 1.807) is 37.6 Å². The lowest BCUT2D eigenvalue weighted by atomic mass is 10.1. The number of ether oxygens (including phenoxy) is 3. The van der Waals surface area contributed by atoms with Crippen molar-refractivity contribution in [1.29, 1.82) is 0 Å². The maximum Gasteiger partial charge on any atom is 0.267 e. The van der Waals surface area contributed by atoms with Crippen molar-refractivity contribution in [3.8, 4) is 11.5 Å². The van der Waals surface area contributed by atoms with Gasteiger partial charge < -0.3 is 18.6 Å². The normalized spacial score (nSPS) is 14.2. The van der Waals surface area contributed by atoms with E-state index in [1.165, 1.54) is 23.8 Å². The molecule has 166 valence electrons. The van der Waals surface area contributed by atoms with Crippen LogP contribution in [0.15, 0.2) is 45.9 Å². The van der Waals surface area contributed by atoms with E-state index in [9.17, 15) is 9.59 Å². The van der Waals surface area contributed by atoms with Gasteiger partial charge in [-0.3, -0.25) is 14.5 Å². The molecule has 0 fully saturated rings. The monoisotopic (exact) mass is 445 g/mol. The Morgan fingerprint density at radius 1 is 1.06 bits per heavy atom. The molecule has 7 nitrogen and oxygen atoms in total. The fraction of sp³-hybridized carbons (Fsp3) is 0.391. The first-order valence-corrected chi connectivity index (χ1v) is 11.0. The van der Waals surface area contributed by atoms with Crippen molar-refractivity contribution in [2.75, 3.05) is 27.4 Å². The molecular weight excluding hydrogens is 418 g/mol. The van der Waals surface area contributed by atoms with Crippen LogP contribution in [0.4, 0.5) is 0 Å². The number of hydrogen-bond donors (Lipinski definition) is 0. The van der Waals surface area contributed by atoms with E-state index >= 15 is 0 Å². The standard InChI is InChI=1S/C23H27NO6S/c1-15(2)29-12-6-10-24-22(25)20(16-8-9-18(27-3)19(13-16)28-4)21(23(24)26)31-14-17-7-5-11-30-17/h5,7-9,11,13,15H,6,10,12,14H2,1-4H3. The van der Waals surface area contributed by atoms with Crippen molar-refractivity contribution in [3.05, 3.63) is 52.8 Å². The summed E-state index contributed by atoms with van der Waals surface area (Å²) in [5.74, 6) is 1.61. The molecule has 0 aliphatic carbocycles. The second kappa shape index (κ2) is 10.5. The lowest BCUT2D eigenvalue weighted by Crippen LogP contribution is -2.33. The Labute approximate surface area is 186 Å². The maximum atomic E-state index is 13.3. The van der Waals surface area contributed by atoms with Crippen LogP contribution in [-0.2, 0) is 20.1 Å². The summed E-state index contributed by atoms with van der Waals surface area (Å²) < 4.78 is 21.6. The third kappa shape index (κ3) is 5.32. The zero-order valence-electron chi connectivity index (χ0n) is 18.2.